The van der Waals surface area contributed by atoms with Gasteiger partial charge in [-0.1, -0.05) is 6.07 Å². The van der Waals surface area contributed by atoms with Crippen molar-refractivity contribution in [1.29, 1.82) is 0 Å². The van der Waals surface area contributed by atoms with Crippen LogP contribution in [0.3, 0.4) is 0 Å². The van der Waals surface area contributed by atoms with Crippen LogP contribution in [-0.4, -0.2) is 33.9 Å². The zero-order valence-electron chi connectivity index (χ0n) is 11.7. The lowest BCUT2D eigenvalue weighted by Gasteiger charge is -2.22. The topological polar surface area (TPSA) is 46.6 Å². The highest BCUT2D eigenvalue weighted by Gasteiger charge is 2.26. The molecular formula is C14H21NO3S. The Labute approximate surface area is 115 Å². The molecule has 0 aromatic heterocycles. The predicted molar refractivity (Wildman–Crippen MR) is 77.1 cm³/mol. The molecule has 0 saturated carbocycles. The molecule has 1 saturated heterocycles. The van der Waals surface area contributed by atoms with Gasteiger partial charge in [0.1, 0.15) is 0 Å². The Hall–Kier alpha value is -1.07. The van der Waals surface area contributed by atoms with Crippen LogP contribution >= 0.6 is 0 Å². The fourth-order valence-electron chi connectivity index (χ4n) is 2.42. The van der Waals surface area contributed by atoms with E-state index in [-0.39, 0.29) is 11.9 Å². The molecule has 1 aromatic carbocycles. The van der Waals surface area contributed by atoms with E-state index >= 15 is 0 Å². The first-order chi connectivity index (χ1) is 8.88. The predicted octanol–water partition coefficient (Wildman–Crippen LogP) is 2.25. The van der Waals surface area contributed by atoms with Crippen LogP contribution in [0.4, 0.5) is 5.69 Å². The number of sulfonamides is 1. The maximum Gasteiger partial charge on any atom is 0.237 e. The van der Waals surface area contributed by atoms with E-state index in [1.54, 1.807) is 7.05 Å². The molecule has 1 aliphatic heterocycles. The van der Waals surface area contributed by atoms with Crippen molar-refractivity contribution in [2.45, 2.75) is 32.8 Å². The van der Waals surface area contributed by atoms with Crippen LogP contribution in [-0.2, 0) is 14.8 Å². The van der Waals surface area contributed by atoms with Crippen molar-refractivity contribution in [3.05, 3.63) is 29.3 Å². The minimum Gasteiger partial charge on any atom is -0.377 e. The summed E-state index contributed by atoms with van der Waals surface area (Å²) in [6.45, 7) is 4.61. The molecule has 0 amide bonds. The van der Waals surface area contributed by atoms with Gasteiger partial charge in [0.15, 0.2) is 0 Å². The third-order valence-electron chi connectivity index (χ3n) is 3.41. The van der Waals surface area contributed by atoms with Gasteiger partial charge in [-0.25, -0.2) is 8.42 Å². The second kappa shape index (κ2) is 5.51. The summed E-state index contributed by atoms with van der Waals surface area (Å²) in [5.41, 5.74) is 2.85. The second-order valence-electron chi connectivity index (χ2n) is 5.23. The first-order valence-electron chi connectivity index (χ1n) is 6.55. The standard InChI is InChI=1S/C14H21NO3S/c1-11-7-12(2)9-13(8-11)15(3)19(16,17)10-14-5-4-6-18-14/h7-9,14H,4-6,10H2,1-3H3. The largest absolute Gasteiger partial charge is 0.377 e. The zero-order chi connectivity index (χ0) is 14.0. The molecule has 0 bridgehead atoms. The first kappa shape index (κ1) is 14.3. The molecule has 0 radical (unpaired) electrons. The van der Waals surface area contributed by atoms with Crippen molar-refractivity contribution in [2.75, 3.05) is 23.7 Å². The molecule has 106 valence electrons. The fraction of sp³-hybridized carbons (Fsp3) is 0.571. The summed E-state index contributed by atoms with van der Waals surface area (Å²) in [7, 11) is -1.71. The fourth-order valence-corrected chi connectivity index (χ4v) is 3.80. The number of hydrogen-bond donors (Lipinski definition) is 0. The summed E-state index contributed by atoms with van der Waals surface area (Å²) in [4.78, 5) is 0. The lowest BCUT2D eigenvalue weighted by atomic mass is 10.1. The van der Waals surface area contributed by atoms with Crippen LogP contribution in [0.5, 0.6) is 0 Å². The van der Waals surface area contributed by atoms with E-state index in [0.717, 1.165) is 29.7 Å². The summed E-state index contributed by atoms with van der Waals surface area (Å²) < 4.78 is 31.5. The van der Waals surface area contributed by atoms with Crippen molar-refractivity contribution in [3.8, 4) is 0 Å². The van der Waals surface area contributed by atoms with Gasteiger partial charge in [0.2, 0.25) is 10.0 Å². The Morgan fingerprint density at radius 2 is 1.89 bits per heavy atom. The molecule has 1 heterocycles. The number of aryl methyl sites for hydroxylation is 2. The summed E-state index contributed by atoms with van der Waals surface area (Å²) in [6.07, 6.45) is 1.63. The third-order valence-corrected chi connectivity index (χ3v) is 5.25. The number of benzene rings is 1. The van der Waals surface area contributed by atoms with Gasteiger partial charge in [-0.05, 0) is 49.9 Å². The minimum absolute atomic E-state index is 0.0660. The lowest BCUT2D eigenvalue weighted by Crippen LogP contribution is -2.33. The Kier molecular flexibility index (Phi) is 4.16. The van der Waals surface area contributed by atoms with Gasteiger partial charge in [-0.2, -0.15) is 0 Å². The molecule has 2 rings (SSSR count). The van der Waals surface area contributed by atoms with Crippen LogP contribution in [0.1, 0.15) is 24.0 Å². The molecule has 0 N–H and O–H groups in total. The van der Waals surface area contributed by atoms with Crippen LogP contribution in [0.25, 0.3) is 0 Å². The third kappa shape index (κ3) is 3.48. The molecule has 4 nitrogen and oxygen atoms in total. The Balaban J connectivity index is 2.18. The van der Waals surface area contributed by atoms with Gasteiger partial charge in [0.05, 0.1) is 17.5 Å². The average Bonchev–Trinajstić information content (AvgIpc) is 2.78. The Morgan fingerprint density at radius 1 is 1.26 bits per heavy atom. The van der Waals surface area contributed by atoms with Gasteiger partial charge < -0.3 is 4.74 Å². The zero-order valence-corrected chi connectivity index (χ0v) is 12.5. The van der Waals surface area contributed by atoms with E-state index in [0.29, 0.717) is 6.61 Å². The van der Waals surface area contributed by atoms with E-state index in [9.17, 15) is 8.42 Å². The quantitative estimate of drug-likeness (QED) is 0.851. The summed E-state index contributed by atoms with van der Waals surface area (Å²) in [5.74, 6) is 0.0660. The maximum atomic E-state index is 12.4. The van der Waals surface area contributed by atoms with E-state index < -0.39 is 10.0 Å². The first-order valence-corrected chi connectivity index (χ1v) is 8.16. The molecule has 1 unspecified atom stereocenters. The number of nitrogens with zero attached hydrogens (tertiary/aromatic N) is 1. The van der Waals surface area contributed by atoms with E-state index in [4.69, 9.17) is 4.74 Å². The second-order valence-corrected chi connectivity index (χ2v) is 7.27. The van der Waals surface area contributed by atoms with Crippen molar-refractivity contribution >= 4 is 15.7 Å². The summed E-state index contributed by atoms with van der Waals surface area (Å²) >= 11 is 0. The van der Waals surface area contributed by atoms with Crippen molar-refractivity contribution < 1.29 is 13.2 Å². The van der Waals surface area contributed by atoms with Crippen LogP contribution in [0.2, 0.25) is 0 Å². The molecule has 1 aliphatic rings. The monoisotopic (exact) mass is 283 g/mol. The molecule has 0 aliphatic carbocycles. The maximum absolute atomic E-state index is 12.4. The number of rotatable bonds is 4. The van der Waals surface area contributed by atoms with Crippen LogP contribution in [0, 0.1) is 13.8 Å². The van der Waals surface area contributed by atoms with Crippen molar-refractivity contribution in [1.82, 2.24) is 0 Å². The van der Waals surface area contributed by atoms with E-state index in [2.05, 4.69) is 0 Å². The molecule has 1 aromatic rings. The van der Waals surface area contributed by atoms with Crippen LogP contribution in [0.15, 0.2) is 18.2 Å². The molecule has 5 heteroatoms. The number of hydrogen-bond acceptors (Lipinski definition) is 3. The Bertz CT molecular complexity index is 528. The average molecular weight is 283 g/mol. The highest BCUT2D eigenvalue weighted by atomic mass is 32.2. The van der Waals surface area contributed by atoms with E-state index in [1.807, 2.05) is 32.0 Å². The minimum atomic E-state index is -3.32. The lowest BCUT2D eigenvalue weighted by molar-refractivity contribution is 0.127. The van der Waals surface area contributed by atoms with Gasteiger partial charge in [-0.15, -0.1) is 0 Å². The van der Waals surface area contributed by atoms with Gasteiger partial charge in [-0.3, -0.25) is 4.31 Å². The Morgan fingerprint density at radius 3 is 2.42 bits per heavy atom. The SMILES string of the molecule is Cc1cc(C)cc(N(C)S(=O)(=O)CC2CCCO2)c1. The highest BCUT2D eigenvalue weighted by Crippen LogP contribution is 2.22. The van der Waals surface area contributed by atoms with Gasteiger partial charge >= 0.3 is 0 Å². The molecular weight excluding hydrogens is 262 g/mol. The summed E-state index contributed by atoms with van der Waals surface area (Å²) in [6, 6.07) is 5.81. The smallest absolute Gasteiger partial charge is 0.237 e. The van der Waals surface area contributed by atoms with Gasteiger partial charge in [0, 0.05) is 13.7 Å². The molecule has 1 atom stereocenters. The van der Waals surface area contributed by atoms with Crippen molar-refractivity contribution in [3.63, 3.8) is 0 Å². The van der Waals surface area contributed by atoms with Crippen molar-refractivity contribution in [2.24, 2.45) is 0 Å². The van der Waals surface area contributed by atoms with Crippen LogP contribution < -0.4 is 4.31 Å². The summed E-state index contributed by atoms with van der Waals surface area (Å²) in [5, 5.41) is 0. The molecule has 19 heavy (non-hydrogen) atoms. The van der Waals surface area contributed by atoms with Gasteiger partial charge in [0.25, 0.3) is 0 Å². The highest BCUT2D eigenvalue weighted by molar-refractivity contribution is 7.92. The van der Waals surface area contributed by atoms with E-state index in [1.165, 1.54) is 4.31 Å². The molecule has 0 spiro atoms. The molecule has 1 fully saturated rings. The normalized spacial score (nSPS) is 19.6. The number of anilines is 1. The number of ether oxygens (including phenoxy) is 1.